The lowest BCUT2D eigenvalue weighted by atomic mass is 9.78. The fourth-order valence-corrected chi connectivity index (χ4v) is 7.43. The third-order valence-corrected chi connectivity index (χ3v) is 8.45. The Balaban J connectivity index is 1.59. The van der Waals surface area contributed by atoms with E-state index in [-0.39, 0.29) is 52.2 Å². The number of piperidine rings is 2. The van der Waals surface area contributed by atoms with Gasteiger partial charge in [0.15, 0.2) is 0 Å². The summed E-state index contributed by atoms with van der Waals surface area (Å²) < 4.78 is 11.6. The second-order valence-corrected chi connectivity index (χ2v) is 14.2. The van der Waals surface area contributed by atoms with Crippen LogP contribution in [-0.4, -0.2) is 68.4 Å². The summed E-state index contributed by atoms with van der Waals surface area (Å²) >= 11 is 0. The van der Waals surface area contributed by atoms with Gasteiger partial charge >= 0.3 is 11.9 Å². The van der Waals surface area contributed by atoms with E-state index in [1.165, 1.54) is 0 Å². The SMILES string of the molecule is CC(=O)N1C(C)(C)CC(OC(=O)CCCCCCCCC(=O)OC2CC(C)(C)N(C=O)C(C)(C)C2)CC1(C)C. The van der Waals surface area contributed by atoms with E-state index >= 15 is 0 Å². The van der Waals surface area contributed by atoms with Gasteiger partial charge in [0, 0.05) is 67.6 Å². The van der Waals surface area contributed by atoms with Crippen LogP contribution in [0, 0.1) is 0 Å². The van der Waals surface area contributed by atoms with Crippen LogP contribution in [-0.2, 0) is 28.7 Å². The van der Waals surface area contributed by atoms with Crippen LogP contribution in [0.25, 0.3) is 0 Å². The number of amides is 2. The number of hydrogen-bond acceptors (Lipinski definition) is 6. The summed E-state index contributed by atoms with van der Waals surface area (Å²) in [4.78, 5) is 52.4. The smallest absolute Gasteiger partial charge is 0.306 e. The standard InChI is InChI=1S/C31H54N2O6/c1-23(35)33-30(6,7)20-25(21-31(33,8)9)39-27(37)17-15-13-11-10-12-14-16-26(36)38-24-18-28(2,3)32(22-34)29(4,5)19-24/h22,24-25H,10-21H2,1-9H3. The van der Waals surface area contributed by atoms with Gasteiger partial charge in [0.1, 0.15) is 12.2 Å². The van der Waals surface area contributed by atoms with E-state index in [4.69, 9.17) is 9.47 Å². The first-order valence-electron chi connectivity index (χ1n) is 14.9. The van der Waals surface area contributed by atoms with E-state index < -0.39 is 0 Å². The Morgan fingerprint density at radius 2 is 0.974 bits per heavy atom. The number of esters is 2. The van der Waals surface area contributed by atoms with Crippen LogP contribution in [0.2, 0.25) is 0 Å². The Labute approximate surface area is 236 Å². The van der Waals surface area contributed by atoms with Gasteiger partial charge in [-0.25, -0.2) is 0 Å². The number of carbonyl (C=O) groups excluding carboxylic acids is 4. The van der Waals surface area contributed by atoms with Gasteiger partial charge in [-0.05, 0) is 68.2 Å². The lowest BCUT2D eigenvalue weighted by molar-refractivity contribution is -0.167. The molecule has 0 aliphatic carbocycles. The molecule has 39 heavy (non-hydrogen) atoms. The minimum absolute atomic E-state index is 0.0520. The quantitative estimate of drug-likeness (QED) is 0.170. The van der Waals surface area contributed by atoms with Crippen molar-refractivity contribution in [2.75, 3.05) is 0 Å². The molecule has 2 amide bonds. The summed E-state index contributed by atoms with van der Waals surface area (Å²) in [5, 5.41) is 0. The number of ether oxygens (including phenoxy) is 2. The highest BCUT2D eigenvalue weighted by atomic mass is 16.5. The van der Waals surface area contributed by atoms with Crippen LogP contribution < -0.4 is 0 Å². The topological polar surface area (TPSA) is 93.2 Å². The molecule has 0 aromatic heterocycles. The molecular weight excluding hydrogens is 496 g/mol. The third kappa shape index (κ3) is 9.21. The van der Waals surface area contributed by atoms with Crippen LogP contribution in [0.15, 0.2) is 0 Å². The Kier molecular flexibility index (Phi) is 11.1. The van der Waals surface area contributed by atoms with Crippen molar-refractivity contribution in [2.45, 2.75) is 174 Å². The van der Waals surface area contributed by atoms with Crippen LogP contribution in [0.3, 0.4) is 0 Å². The number of carbonyl (C=O) groups is 4. The maximum absolute atomic E-state index is 12.5. The number of unbranched alkanes of at least 4 members (excludes halogenated alkanes) is 5. The maximum Gasteiger partial charge on any atom is 0.306 e. The molecule has 2 rings (SSSR count). The largest absolute Gasteiger partial charge is 0.462 e. The molecule has 0 radical (unpaired) electrons. The molecule has 2 saturated heterocycles. The molecule has 0 spiro atoms. The van der Waals surface area contributed by atoms with E-state index in [2.05, 4.69) is 0 Å². The lowest BCUT2D eigenvalue weighted by Crippen LogP contribution is -2.63. The average molecular weight is 551 g/mol. The van der Waals surface area contributed by atoms with E-state index in [1.54, 1.807) is 6.92 Å². The number of rotatable bonds is 12. The van der Waals surface area contributed by atoms with Crippen molar-refractivity contribution in [3.63, 3.8) is 0 Å². The van der Waals surface area contributed by atoms with E-state index in [9.17, 15) is 19.2 Å². The molecule has 2 aliphatic rings. The molecule has 224 valence electrons. The van der Waals surface area contributed by atoms with Crippen molar-refractivity contribution in [1.29, 1.82) is 0 Å². The molecule has 8 nitrogen and oxygen atoms in total. The number of nitrogens with zero attached hydrogens (tertiary/aromatic N) is 2. The van der Waals surface area contributed by atoms with Gasteiger partial charge in [-0.15, -0.1) is 0 Å². The first kappa shape index (κ1) is 33.1. The van der Waals surface area contributed by atoms with Crippen LogP contribution >= 0.6 is 0 Å². The van der Waals surface area contributed by atoms with Crippen LogP contribution in [0.4, 0.5) is 0 Å². The second-order valence-electron chi connectivity index (χ2n) is 14.2. The molecule has 0 N–H and O–H groups in total. The van der Waals surface area contributed by atoms with Gasteiger partial charge in [-0.2, -0.15) is 0 Å². The van der Waals surface area contributed by atoms with Gasteiger partial charge in [0.2, 0.25) is 12.3 Å². The van der Waals surface area contributed by atoms with Gasteiger partial charge in [-0.3, -0.25) is 19.2 Å². The highest BCUT2D eigenvalue weighted by Gasteiger charge is 2.48. The summed E-state index contributed by atoms with van der Waals surface area (Å²) in [6.07, 6.45) is 9.54. The minimum Gasteiger partial charge on any atom is -0.462 e. The molecule has 0 atom stereocenters. The fraction of sp³-hybridized carbons (Fsp3) is 0.871. The van der Waals surface area contributed by atoms with Gasteiger partial charge in [0.25, 0.3) is 0 Å². The Morgan fingerprint density at radius 3 is 1.31 bits per heavy atom. The van der Waals surface area contributed by atoms with Crippen molar-refractivity contribution < 1.29 is 28.7 Å². The second kappa shape index (κ2) is 13.0. The van der Waals surface area contributed by atoms with Crippen molar-refractivity contribution in [3.8, 4) is 0 Å². The molecule has 2 aliphatic heterocycles. The highest BCUT2D eigenvalue weighted by Crippen LogP contribution is 2.40. The molecule has 2 fully saturated rings. The summed E-state index contributed by atoms with van der Waals surface area (Å²) in [6, 6.07) is 0. The molecule has 8 heteroatoms. The van der Waals surface area contributed by atoms with Crippen LogP contribution in [0.5, 0.6) is 0 Å². The lowest BCUT2D eigenvalue weighted by Gasteiger charge is -2.54. The first-order valence-corrected chi connectivity index (χ1v) is 14.9. The highest BCUT2D eigenvalue weighted by molar-refractivity contribution is 5.75. The number of likely N-dealkylation sites (tertiary alicyclic amines) is 2. The van der Waals surface area contributed by atoms with E-state index in [1.807, 2.05) is 65.2 Å². The van der Waals surface area contributed by atoms with Crippen molar-refractivity contribution in [2.24, 2.45) is 0 Å². The van der Waals surface area contributed by atoms with Gasteiger partial charge in [-0.1, -0.05) is 25.7 Å². The average Bonchev–Trinajstić information content (AvgIpc) is 2.71. The van der Waals surface area contributed by atoms with Crippen molar-refractivity contribution >= 4 is 24.3 Å². The van der Waals surface area contributed by atoms with Crippen molar-refractivity contribution in [3.05, 3.63) is 0 Å². The van der Waals surface area contributed by atoms with Crippen molar-refractivity contribution in [1.82, 2.24) is 9.80 Å². The Bertz CT molecular complexity index is 842. The summed E-state index contributed by atoms with van der Waals surface area (Å²) in [5.74, 6) is -0.263. The minimum atomic E-state index is -0.355. The molecular formula is C31H54N2O6. The zero-order valence-electron chi connectivity index (χ0n) is 26.1. The third-order valence-electron chi connectivity index (χ3n) is 8.45. The molecule has 0 aromatic rings. The molecule has 0 saturated carbocycles. The van der Waals surface area contributed by atoms with Gasteiger partial charge < -0.3 is 19.3 Å². The zero-order chi connectivity index (χ0) is 29.6. The normalized spacial score (nSPS) is 22.3. The van der Waals surface area contributed by atoms with E-state index in [0.29, 0.717) is 38.5 Å². The van der Waals surface area contributed by atoms with Crippen LogP contribution in [0.1, 0.15) is 139 Å². The van der Waals surface area contributed by atoms with E-state index in [0.717, 1.165) is 44.9 Å². The molecule has 0 unspecified atom stereocenters. The van der Waals surface area contributed by atoms with Gasteiger partial charge in [0.05, 0.1) is 0 Å². The Hall–Kier alpha value is -2.12. The number of hydrogen-bond donors (Lipinski definition) is 0. The molecule has 0 aromatic carbocycles. The zero-order valence-corrected chi connectivity index (χ0v) is 26.1. The summed E-state index contributed by atoms with van der Waals surface area (Å²) in [6.45, 7) is 17.8. The summed E-state index contributed by atoms with van der Waals surface area (Å²) in [5.41, 5.74) is -1.40. The Morgan fingerprint density at radius 1 is 0.641 bits per heavy atom. The fourth-order valence-electron chi connectivity index (χ4n) is 7.43. The molecule has 0 bridgehead atoms. The summed E-state index contributed by atoms with van der Waals surface area (Å²) in [7, 11) is 0. The predicted octanol–water partition coefficient (Wildman–Crippen LogP) is 5.94. The predicted molar refractivity (Wildman–Crippen MR) is 152 cm³/mol. The monoisotopic (exact) mass is 550 g/mol. The first-order chi connectivity index (χ1) is 17.9. The maximum atomic E-state index is 12.5. The molecule has 2 heterocycles.